The molecule has 0 saturated carbocycles. The van der Waals surface area contributed by atoms with Gasteiger partial charge in [0.05, 0.1) is 11.7 Å². The number of hydrogen-bond donors (Lipinski definition) is 2. The molecule has 6 heteroatoms. The first kappa shape index (κ1) is 14.9. The van der Waals surface area contributed by atoms with Crippen LogP contribution in [0.15, 0.2) is 18.2 Å². The van der Waals surface area contributed by atoms with E-state index in [9.17, 15) is 27.8 Å². The molecule has 2 N–H and O–H groups in total. The molecule has 0 aliphatic rings. The van der Waals surface area contributed by atoms with Gasteiger partial charge in [-0.1, -0.05) is 19.9 Å². The maximum Gasteiger partial charge on any atom is 0.419 e. The maximum atomic E-state index is 13.3. The van der Waals surface area contributed by atoms with E-state index in [2.05, 4.69) is 0 Å². The molecule has 2 nitrogen and oxygen atoms in total. The molecule has 1 aromatic rings. The summed E-state index contributed by atoms with van der Waals surface area (Å²) in [6.45, 7) is 3.27. The summed E-state index contributed by atoms with van der Waals surface area (Å²) in [6, 6.07) is 2.11. The molecule has 0 fully saturated rings. The Hall–Kier alpha value is -1.14. The van der Waals surface area contributed by atoms with Crippen LogP contribution in [0.25, 0.3) is 0 Å². The number of hydrogen-bond acceptors (Lipinski definition) is 2. The van der Waals surface area contributed by atoms with Gasteiger partial charge in [-0.25, -0.2) is 4.39 Å². The van der Waals surface area contributed by atoms with Gasteiger partial charge in [0, 0.05) is 0 Å². The zero-order valence-electron chi connectivity index (χ0n) is 9.87. The summed E-state index contributed by atoms with van der Waals surface area (Å²) in [4.78, 5) is 0. The third-order valence-corrected chi connectivity index (χ3v) is 2.65. The summed E-state index contributed by atoms with van der Waals surface area (Å²) in [7, 11) is 0. The monoisotopic (exact) mass is 266 g/mol. The molecule has 102 valence electrons. The lowest BCUT2D eigenvalue weighted by Crippen LogP contribution is -2.24. The predicted octanol–water partition coefficient (Wildman–Crippen LogP) is 2.89. The normalized spacial score (nSPS) is 15.8. The second-order valence-electron chi connectivity index (χ2n) is 4.42. The minimum atomic E-state index is -4.77. The molecule has 0 aliphatic carbocycles. The highest BCUT2D eigenvalue weighted by atomic mass is 19.4. The minimum Gasteiger partial charge on any atom is -0.390 e. The highest BCUT2D eigenvalue weighted by molar-refractivity contribution is 5.28. The average molecular weight is 266 g/mol. The van der Waals surface area contributed by atoms with Crippen LogP contribution in [0.5, 0.6) is 0 Å². The topological polar surface area (TPSA) is 40.5 Å². The Kier molecular flexibility index (Phi) is 4.34. The van der Waals surface area contributed by atoms with Crippen LogP contribution in [0.3, 0.4) is 0 Å². The molecule has 0 heterocycles. The van der Waals surface area contributed by atoms with Crippen LogP contribution in [0.4, 0.5) is 17.6 Å². The number of halogens is 4. The molecule has 2 atom stereocenters. The van der Waals surface area contributed by atoms with Gasteiger partial charge in [-0.05, 0) is 23.6 Å². The van der Waals surface area contributed by atoms with Crippen LogP contribution in [0.2, 0.25) is 0 Å². The summed E-state index contributed by atoms with van der Waals surface area (Å²) in [6.07, 6.45) is -7.35. The van der Waals surface area contributed by atoms with Crippen molar-refractivity contribution in [1.29, 1.82) is 0 Å². The molecule has 0 bridgehead atoms. The summed E-state index contributed by atoms with van der Waals surface area (Å²) < 4.78 is 50.2. The van der Waals surface area contributed by atoms with Crippen LogP contribution < -0.4 is 0 Å². The van der Waals surface area contributed by atoms with Crippen molar-refractivity contribution in [2.45, 2.75) is 32.2 Å². The molecule has 0 saturated heterocycles. The number of benzene rings is 1. The van der Waals surface area contributed by atoms with Crippen LogP contribution in [-0.4, -0.2) is 16.3 Å². The van der Waals surface area contributed by atoms with Gasteiger partial charge in [-0.3, -0.25) is 0 Å². The van der Waals surface area contributed by atoms with E-state index in [0.29, 0.717) is 12.1 Å². The van der Waals surface area contributed by atoms with Crippen molar-refractivity contribution in [2.24, 2.45) is 5.92 Å². The van der Waals surface area contributed by atoms with Crippen LogP contribution in [0.1, 0.15) is 31.1 Å². The molecule has 0 spiro atoms. The molecule has 0 aromatic heterocycles. The van der Waals surface area contributed by atoms with Crippen LogP contribution >= 0.6 is 0 Å². The molecule has 1 aromatic carbocycles. The van der Waals surface area contributed by atoms with Crippen molar-refractivity contribution < 1.29 is 27.8 Å². The molecule has 0 aliphatic heterocycles. The van der Waals surface area contributed by atoms with Crippen molar-refractivity contribution >= 4 is 0 Å². The molecule has 1 rings (SSSR count). The second kappa shape index (κ2) is 5.24. The van der Waals surface area contributed by atoms with Gasteiger partial charge >= 0.3 is 6.18 Å². The quantitative estimate of drug-likeness (QED) is 0.826. The fourth-order valence-corrected chi connectivity index (χ4v) is 1.51. The van der Waals surface area contributed by atoms with Gasteiger partial charge < -0.3 is 10.2 Å². The van der Waals surface area contributed by atoms with E-state index in [-0.39, 0.29) is 11.5 Å². The Morgan fingerprint density at radius 3 is 2.06 bits per heavy atom. The van der Waals surface area contributed by atoms with E-state index in [0.717, 1.165) is 6.07 Å². The first-order chi connectivity index (χ1) is 8.14. The van der Waals surface area contributed by atoms with E-state index in [1.165, 1.54) is 0 Å². The Labute approximate surface area is 102 Å². The zero-order chi connectivity index (χ0) is 14.1. The van der Waals surface area contributed by atoms with Gasteiger partial charge in [-0.2, -0.15) is 13.2 Å². The standard InChI is InChI=1S/C12H14F4O2/c1-6(2)10(17)11(18)7-3-4-8(9(13)5-7)12(14,15)16/h3-6,10-11,17-18H,1-2H3. The Morgan fingerprint density at radius 1 is 1.11 bits per heavy atom. The fraction of sp³-hybridized carbons (Fsp3) is 0.500. The van der Waals surface area contributed by atoms with Crippen LogP contribution in [0, 0.1) is 11.7 Å². The minimum absolute atomic E-state index is 0.0818. The summed E-state index contributed by atoms with van der Waals surface area (Å²) >= 11 is 0. The zero-order valence-corrected chi connectivity index (χ0v) is 9.87. The summed E-state index contributed by atoms with van der Waals surface area (Å²) in [5.41, 5.74) is -1.47. The first-order valence-corrected chi connectivity index (χ1v) is 5.37. The molecule has 2 unspecified atom stereocenters. The largest absolute Gasteiger partial charge is 0.419 e. The predicted molar refractivity (Wildman–Crippen MR) is 57.2 cm³/mol. The van der Waals surface area contributed by atoms with Crippen molar-refractivity contribution in [3.8, 4) is 0 Å². The van der Waals surface area contributed by atoms with Crippen molar-refractivity contribution in [3.63, 3.8) is 0 Å². The van der Waals surface area contributed by atoms with Gasteiger partial charge in [0.1, 0.15) is 11.9 Å². The maximum absolute atomic E-state index is 13.3. The first-order valence-electron chi connectivity index (χ1n) is 5.37. The number of rotatable bonds is 3. The number of aliphatic hydroxyl groups excluding tert-OH is 2. The molecular weight excluding hydrogens is 252 g/mol. The second-order valence-corrected chi connectivity index (χ2v) is 4.42. The smallest absolute Gasteiger partial charge is 0.390 e. The lowest BCUT2D eigenvalue weighted by atomic mass is 9.95. The Balaban J connectivity index is 3.05. The Bertz CT molecular complexity index is 415. The molecule has 0 radical (unpaired) electrons. The van der Waals surface area contributed by atoms with E-state index >= 15 is 0 Å². The molecule has 0 amide bonds. The summed E-state index contributed by atoms with van der Waals surface area (Å²) in [5.74, 6) is -1.76. The van der Waals surface area contributed by atoms with E-state index in [1.807, 2.05) is 0 Å². The highest BCUT2D eigenvalue weighted by Gasteiger charge is 2.34. The lowest BCUT2D eigenvalue weighted by molar-refractivity contribution is -0.140. The third kappa shape index (κ3) is 3.20. The van der Waals surface area contributed by atoms with Crippen molar-refractivity contribution in [2.75, 3.05) is 0 Å². The van der Waals surface area contributed by atoms with E-state index < -0.39 is 29.8 Å². The van der Waals surface area contributed by atoms with Crippen LogP contribution in [-0.2, 0) is 6.18 Å². The lowest BCUT2D eigenvalue weighted by Gasteiger charge is -2.21. The number of aliphatic hydroxyl groups is 2. The van der Waals surface area contributed by atoms with Crippen molar-refractivity contribution in [3.05, 3.63) is 35.1 Å². The summed E-state index contributed by atoms with van der Waals surface area (Å²) in [5, 5.41) is 19.3. The van der Waals surface area contributed by atoms with Gasteiger partial charge in [0.15, 0.2) is 0 Å². The van der Waals surface area contributed by atoms with Crippen molar-refractivity contribution in [1.82, 2.24) is 0 Å². The van der Waals surface area contributed by atoms with E-state index in [1.54, 1.807) is 13.8 Å². The Morgan fingerprint density at radius 2 is 1.67 bits per heavy atom. The number of alkyl halides is 3. The molecular formula is C12H14F4O2. The van der Waals surface area contributed by atoms with Gasteiger partial charge in [0.2, 0.25) is 0 Å². The van der Waals surface area contributed by atoms with Gasteiger partial charge in [-0.15, -0.1) is 0 Å². The fourth-order valence-electron chi connectivity index (χ4n) is 1.51. The average Bonchev–Trinajstić information content (AvgIpc) is 2.24. The SMILES string of the molecule is CC(C)C(O)C(O)c1ccc(C(F)(F)F)c(F)c1. The third-order valence-electron chi connectivity index (χ3n) is 2.65. The van der Waals surface area contributed by atoms with Gasteiger partial charge in [0.25, 0.3) is 0 Å². The highest BCUT2D eigenvalue weighted by Crippen LogP contribution is 2.33. The molecule has 18 heavy (non-hydrogen) atoms. The van der Waals surface area contributed by atoms with E-state index in [4.69, 9.17) is 0 Å².